The predicted octanol–water partition coefficient (Wildman–Crippen LogP) is 4.59. The van der Waals surface area contributed by atoms with E-state index in [9.17, 15) is 4.79 Å². The van der Waals surface area contributed by atoms with Gasteiger partial charge in [0.25, 0.3) is 0 Å². The van der Waals surface area contributed by atoms with Crippen LogP contribution in [-0.4, -0.2) is 27.6 Å². The highest BCUT2D eigenvalue weighted by Gasteiger charge is 2.22. The Morgan fingerprint density at radius 3 is 2.88 bits per heavy atom. The maximum absolute atomic E-state index is 12.7. The Labute approximate surface area is 161 Å². The third-order valence-corrected chi connectivity index (χ3v) is 6.34. The third kappa shape index (κ3) is 3.52. The van der Waals surface area contributed by atoms with Crippen LogP contribution < -0.4 is 4.90 Å². The van der Waals surface area contributed by atoms with Crippen LogP contribution >= 0.6 is 23.3 Å². The van der Waals surface area contributed by atoms with E-state index in [0.29, 0.717) is 5.75 Å². The van der Waals surface area contributed by atoms with Gasteiger partial charge in [-0.15, -0.1) is 0 Å². The highest BCUT2D eigenvalue weighted by Crippen LogP contribution is 2.30. The van der Waals surface area contributed by atoms with E-state index in [2.05, 4.69) is 28.4 Å². The quantitative estimate of drug-likeness (QED) is 0.620. The van der Waals surface area contributed by atoms with Gasteiger partial charge in [-0.1, -0.05) is 54.2 Å². The fourth-order valence-electron chi connectivity index (χ4n) is 3.20. The summed E-state index contributed by atoms with van der Waals surface area (Å²) >= 11 is 2.83. The topological polar surface area (TPSA) is 46.1 Å². The van der Waals surface area contributed by atoms with Gasteiger partial charge in [-0.2, -0.15) is 4.37 Å². The van der Waals surface area contributed by atoms with Crippen LogP contribution in [-0.2, 0) is 11.2 Å². The van der Waals surface area contributed by atoms with Crippen molar-refractivity contribution in [2.24, 2.45) is 0 Å². The van der Waals surface area contributed by atoms with Crippen molar-refractivity contribution in [1.82, 2.24) is 9.36 Å². The van der Waals surface area contributed by atoms with Crippen molar-refractivity contribution in [3.05, 3.63) is 59.7 Å². The molecule has 0 saturated carbocycles. The van der Waals surface area contributed by atoms with E-state index in [-0.39, 0.29) is 5.91 Å². The minimum absolute atomic E-state index is 0.134. The average Bonchev–Trinajstić information content (AvgIpc) is 3.15. The van der Waals surface area contributed by atoms with Crippen molar-refractivity contribution in [1.29, 1.82) is 0 Å². The Morgan fingerprint density at radius 1 is 1.19 bits per heavy atom. The first-order chi connectivity index (χ1) is 12.7. The molecule has 3 aromatic rings. The lowest BCUT2D eigenvalue weighted by molar-refractivity contribution is -0.116. The lowest BCUT2D eigenvalue weighted by Gasteiger charge is -2.29. The molecule has 1 aromatic heterocycles. The van der Waals surface area contributed by atoms with Crippen molar-refractivity contribution >= 4 is 34.9 Å². The highest BCUT2D eigenvalue weighted by atomic mass is 32.2. The summed E-state index contributed by atoms with van der Waals surface area (Å²) in [7, 11) is 0. The summed E-state index contributed by atoms with van der Waals surface area (Å²) in [4.78, 5) is 19.2. The smallest absolute Gasteiger partial charge is 0.237 e. The van der Waals surface area contributed by atoms with Gasteiger partial charge >= 0.3 is 0 Å². The molecule has 0 spiro atoms. The van der Waals surface area contributed by atoms with E-state index >= 15 is 0 Å². The van der Waals surface area contributed by atoms with Gasteiger partial charge in [-0.3, -0.25) is 4.79 Å². The molecule has 1 aliphatic rings. The molecule has 0 aliphatic carbocycles. The Hall–Kier alpha value is -2.18. The standard InChI is InChI=1S/C20H19N3OS2/c1-14-7-2-4-10-16(14)19-21-20(26-22-19)25-13-18(24)23-12-6-9-15-8-3-5-11-17(15)23/h2-5,7-8,10-11H,6,9,12-13H2,1H3. The maximum atomic E-state index is 12.7. The molecule has 132 valence electrons. The molecule has 6 heteroatoms. The number of fused-ring (bicyclic) bond motifs is 1. The lowest BCUT2D eigenvalue weighted by Crippen LogP contribution is -2.36. The van der Waals surface area contributed by atoms with Gasteiger partial charge in [0, 0.05) is 17.8 Å². The van der Waals surface area contributed by atoms with Gasteiger partial charge < -0.3 is 4.90 Å². The van der Waals surface area contributed by atoms with Crippen molar-refractivity contribution in [2.45, 2.75) is 24.1 Å². The second-order valence-electron chi connectivity index (χ2n) is 6.27. The second-order valence-corrected chi connectivity index (χ2v) is 8.24. The molecule has 0 fully saturated rings. The van der Waals surface area contributed by atoms with E-state index in [4.69, 9.17) is 0 Å². The minimum Gasteiger partial charge on any atom is -0.311 e. The molecule has 0 bridgehead atoms. The highest BCUT2D eigenvalue weighted by molar-refractivity contribution is 8.01. The summed E-state index contributed by atoms with van der Waals surface area (Å²) < 4.78 is 5.29. The van der Waals surface area contributed by atoms with Gasteiger partial charge in [0.15, 0.2) is 10.2 Å². The molecule has 1 aliphatic heterocycles. The van der Waals surface area contributed by atoms with Gasteiger partial charge in [0.05, 0.1) is 5.75 Å². The molecule has 26 heavy (non-hydrogen) atoms. The van der Waals surface area contributed by atoms with Crippen LogP contribution in [0.5, 0.6) is 0 Å². The first kappa shape index (κ1) is 17.2. The second kappa shape index (κ2) is 7.60. The summed E-state index contributed by atoms with van der Waals surface area (Å²) in [5.74, 6) is 1.26. The minimum atomic E-state index is 0.134. The molecule has 0 unspecified atom stereocenters. The number of para-hydroxylation sites is 1. The summed E-state index contributed by atoms with van der Waals surface area (Å²) in [6.45, 7) is 2.85. The van der Waals surface area contributed by atoms with E-state index in [0.717, 1.165) is 46.4 Å². The van der Waals surface area contributed by atoms with Crippen LogP contribution in [0, 0.1) is 6.92 Å². The molecule has 4 rings (SSSR count). The number of carbonyl (C=O) groups is 1. The first-order valence-corrected chi connectivity index (χ1v) is 10.4. The lowest BCUT2D eigenvalue weighted by atomic mass is 10.0. The zero-order valence-corrected chi connectivity index (χ0v) is 16.1. The molecule has 0 saturated heterocycles. The first-order valence-electron chi connectivity index (χ1n) is 8.63. The monoisotopic (exact) mass is 381 g/mol. The summed E-state index contributed by atoms with van der Waals surface area (Å²) in [5, 5.41) is 0. The van der Waals surface area contributed by atoms with Gasteiger partial charge in [-0.05, 0) is 48.5 Å². The Morgan fingerprint density at radius 2 is 2.00 bits per heavy atom. The molecule has 2 aromatic carbocycles. The zero-order valence-electron chi connectivity index (χ0n) is 14.5. The number of aromatic nitrogens is 2. The van der Waals surface area contributed by atoms with Gasteiger partial charge in [0.2, 0.25) is 5.91 Å². The van der Waals surface area contributed by atoms with Crippen molar-refractivity contribution in [3.8, 4) is 11.4 Å². The van der Waals surface area contributed by atoms with Crippen LogP contribution in [0.2, 0.25) is 0 Å². The molecule has 0 N–H and O–H groups in total. The van der Waals surface area contributed by atoms with Crippen LogP contribution in [0.1, 0.15) is 17.5 Å². The van der Waals surface area contributed by atoms with E-state index in [1.807, 2.05) is 41.3 Å². The number of rotatable bonds is 4. The number of hydrogen-bond donors (Lipinski definition) is 0. The number of carbonyl (C=O) groups excluding carboxylic acids is 1. The molecule has 0 radical (unpaired) electrons. The van der Waals surface area contributed by atoms with Crippen LogP contribution in [0.3, 0.4) is 0 Å². The Bertz CT molecular complexity index is 938. The number of amides is 1. The van der Waals surface area contributed by atoms with Crippen molar-refractivity contribution in [3.63, 3.8) is 0 Å². The van der Waals surface area contributed by atoms with E-state index < -0.39 is 0 Å². The summed E-state index contributed by atoms with van der Waals surface area (Å²) in [6, 6.07) is 16.3. The van der Waals surface area contributed by atoms with E-state index in [1.165, 1.54) is 28.9 Å². The van der Waals surface area contributed by atoms with E-state index in [1.54, 1.807) is 0 Å². The van der Waals surface area contributed by atoms with Crippen LogP contribution in [0.25, 0.3) is 11.4 Å². The molecular formula is C20H19N3OS2. The molecule has 2 heterocycles. The SMILES string of the molecule is Cc1ccccc1-c1nsc(SCC(=O)N2CCCc3ccccc32)n1. The number of anilines is 1. The number of aryl methyl sites for hydroxylation is 2. The fraction of sp³-hybridized carbons (Fsp3) is 0.250. The number of nitrogens with zero attached hydrogens (tertiary/aromatic N) is 3. The Kier molecular flexibility index (Phi) is 5.04. The molecular weight excluding hydrogens is 362 g/mol. The number of hydrogen-bond acceptors (Lipinski definition) is 5. The molecule has 1 amide bonds. The summed E-state index contributed by atoms with van der Waals surface area (Å²) in [6.07, 6.45) is 2.06. The fourth-order valence-corrected chi connectivity index (χ4v) is 4.68. The average molecular weight is 382 g/mol. The van der Waals surface area contributed by atoms with Crippen molar-refractivity contribution < 1.29 is 4.79 Å². The molecule has 0 atom stereocenters. The summed E-state index contributed by atoms with van der Waals surface area (Å²) in [5.41, 5.74) is 4.52. The van der Waals surface area contributed by atoms with Gasteiger partial charge in [0.1, 0.15) is 0 Å². The maximum Gasteiger partial charge on any atom is 0.237 e. The molecule has 4 nitrogen and oxygen atoms in total. The number of benzene rings is 2. The normalized spacial score (nSPS) is 13.5. The zero-order chi connectivity index (χ0) is 17.9. The van der Waals surface area contributed by atoms with Crippen LogP contribution in [0.4, 0.5) is 5.69 Å². The Balaban J connectivity index is 1.44. The largest absolute Gasteiger partial charge is 0.311 e. The van der Waals surface area contributed by atoms with Gasteiger partial charge in [-0.25, -0.2) is 4.98 Å². The third-order valence-electron chi connectivity index (χ3n) is 4.52. The predicted molar refractivity (Wildman–Crippen MR) is 108 cm³/mol. The number of thioether (sulfide) groups is 1. The van der Waals surface area contributed by atoms with Crippen molar-refractivity contribution in [2.75, 3.05) is 17.2 Å². The van der Waals surface area contributed by atoms with Crippen LogP contribution in [0.15, 0.2) is 52.9 Å².